The quantitative estimate of drug-likeness (QED) is 0.808. The molecule has 4 heteroatoms. The molecule has 4 fully saturated rings. The summed E-state index contributed by atoms with van der Waals surface area (Å²) in [5, 5.41) is 3.43. The van der Waals surface area contributed by atoms with Crippen molar-refractivity contribution in [3.63, 3.8) is 0 Å². The van der Waals surface area contributed by atoms with Crippen LogP contribution in [0.1, 0.15) is 44.9 Å². The second-order valence-electron chi connectivity index (χ2n) is 7.22. The minimum atomic E-state index is -4.01. The summed E-state index contributed by atoms with van der Waals surface area (Å²) in [6, 6.07) is 0.128. The molecule has 0 aliphatic heterocycles. The van der Waals surface area contributed by atoms with Crippen molar-refractivity contribution in [2.75, 3.05) is 0 Å². The van der Waals surface area contributed by atoms with Crippen LogP contribution in [0.25, 0.3) is 0 Å². The predicted molar refractivity (Wildman–Crippen MR) is 66.5 cm³/mol. The number of hydrogen-bond donors (Lipinski definition) is 1. The van der Waals surface area contributed by atoms with Crippen LogP contribution < -0.4 is 5.32 Å². The molecule has 6 atom stereocenters. The highest BCUT2D eigenvalue weighted by Gasteiger charge is 2.65. The van der Waals surface area contributed by atoms with E-state index in [0.29, 0.717) is 12.5 Å². The van der Waals surface area contributed by atoms with E-state index in [1.807, 2.05) is 0 Å². The first-order valence-electron chi connectivity index (χ1n) is 7.88. The molecular weight excluding hydrogens is 251 g/mol. The Morgan fingerprint density at radius 1 is 0.842 bits per heavy atom. The summed E-state index contributed by atoms with van der Waals surface area (Å²) in [7, 11) is 0. The van der Waals surface area contributed by atoms with Gasteiger partial charge in [-0.3, -0.25) is 0 Å². The lowest BCUT2D eigenvalue weighted by Crippen LogP contribution is -2.47. The molecule has 1 N–H and O–H groups in total. The molecule has 1 nitrogen and oxygen atoms in total. The fourth-order valence-corrected chi connectivity index (χ4v) is 5.52. The molecule has 6 unspecified atom stereocenters. The van der Waals surface area contributed by atoms with E-state index < -0.39 is 12.1 Å². The van der Waals surface area contributed by atoms with Crippen molar-refractivity contribution < 1.29 is 13.2 Å². The Labute approximate surface area is 112 Å². The third-order valence-corrected chi connectivity index (χ3v) is 6.33. The van der Waals surface area contributed by atoms with Crippen LogP contribution >= 0.6 is 0 Å². The van der Waals surface area contributed by atoms with E-state index in [9.17, 15) is 13.2 Å². The van der Waals surface area contributed by atoms with Crippen molar-refractivity contribution in [1.82, 2.24) is 5.32 Å². The van der Waals surface area contributed by atoms with Gasteiger partial charge in [0.2, 0.25) is 0 Å². The van der Waals surface area contributed by atoms with E-state index in [0.717, 1.165) is 42.9 Å². The number of hydrogen-bond acceptors (Lipinski definition) is 1. The van der Waals surface area contributed by atoms with E-state index in [1.54, 1.807) is 0 Å². The molecule has 0 aromatic carbocycles. The first-order chi connectivity index (χ1) is 9.05. The van der Waals surface area contributed by atoms with E-state index >= 15 is 0 Å². The van der Waals surface area contributed by atoms with Crippen LogP contribution in [0.5, 0.6) is 0 Å². The van der Waals surface area contributed by atoms with Gasteiger partial charge in [0.1, 0.15) is 0 Å². The summed E-state index contributed by atoms with van der Waals surface area (Å²) in [6.45, 7) is 0. The number of halogens is 3. The number of nitrogens with one attached hydrogen (secondary N) is 1. The monoisotopic (exact) mass is 273 g/mol. The zero-order valence-corrected chi connectivity index (χ0v) is 11.1. The van der Waals surface area contributed by atoms with Gasteiger partial charge in [-0.25, -0.2) is 0 Å². The molecule has 4 aliphatic carbocycles. The molecular formula is C15H22F3N. The SMILES string of the molecule is FC(F)(F)C1CCCCC1NC1C2C3CCC(C3)C12. The molecule has 0 radical (unpaired) electrons. The molecule has 4 aliphatic rings. The van der Waals surface area contributed by atoms with E-state index in [-0.39, 0.29) is 6.04 Å². The molecule has 0 aromatic heterocycles. The third kappa shape index (κ3) is 1.93. The maximum absolute atomic E-state index is 13.1. The Bertz CT molecular complexity index is 351. The Kier molecular flexibility index (Phi) is 2.71. The van der Waals surface area contributed by atoms with Crippen LogP contribution in [0, 0.1) is 29.6 Å². The maximum Gasteiger partial charge on any atom is 0.393 e. The lowest BCUT2D eigenvalue weighted by atomic mass is 9.83. The average Bonchev–Trinajstić information content (AvgIpc) is 2.77. The smallest absolute Gasteiger partial charge is 0.310 e. The highest BCUT2D eigenvalue weighted by atomic mass is 19.4. The van der Waals surface area contributed by atoms with Crippen LogP contribution in [0.2, 0.25) is 0 Å². The van der Waals surface area contributed by atoms with Gasteiger partial charge in [-0.1, -0.05) is 12.8 Å². The van der Waals surface area contributed by atoms with Gasteiger partial charge in [-0.2, -0.15) is 13.2 Å². The fourth-order valence-electron chi connectivity index (χ4n) is 5.52. The molecule has 108 valence electrons. The molecule has 0 heterocycles. The highest BCUT2D eigenvalue weighted by molar-refractivity contribution is 5.17. The second-order valence-corrected chi connectivity index (χ2v) is 7.22. The molecule has 0 saturated heterocycles. The lowest BCUT2D eigenvalue weighted by Gasteiger charge is -2.34. The van der Waals surface area contributed by atoms with Crippen molar-refractivity contribution in [2.24, 2.45) is 29.6 Å². The van der Waals surface area contributed by atoms with Crippen molar-refractivity contribution in [3.8, 4) is 0 Å². The molecule has 4 saturated carbocycles. The molecule has 19 heavy (non-hydrogen) atoms. The third-order valence-electron chi connectivity index (χ3n) is 6.33. The standard InChI is InChI=1S/C15H22F3N/c16-15(17,18)10-3-1-2-4-11(10)19-14-12-8-5-6-9(7-8)13(12)14/h8-14,19H,1-7H2. The van der Waals surface area contributed by atoms with Crippen LogP contribution in [-0.2, 0) is 0 Å². The zero-order valence-electron chi connectivity index (χ0n) is 11.1. The summed E-state index contributed by atoms with van der Waals surface area (Å²) >= 11 is 0. The predicted octanol–water partition coefficient (Wildman–Crippen LogP) is 3.74. The number of rotatable bonds is 2. The summed E-state index contributed by atoms with van der Waals surface area (Å²) in [5.41, 5.74) is 0. The largest absolute Gasteiger partial charge is 0.393 e. The Hall–Kier alpha value is -0.250. The van der Waals surface area contributed by atoms with Crippen LogP contribution in [0.3, 0.4) is 0 Å². The first-order valence-corrected chi connectivity index (χ1v) is 7.88. The van der Waals surface area contributed by atoms with E-state index in [2.05, 4.69) is 5.32 Å². The van der Waals surface area contributed by atoms with Gasteiger partial charge in [0.25, 0.3) is 0 Å². The summed E-state index contributed by atoms with van der Waals surface area (Å²) < 4.78 is 39.2. The van der Waals surface area contributed by atoms with Gasteiger partial charge < -0.3 is 5.32 Å². The normalized spacial score (nSPS) is 52.3. The van der Waals surface area contributed by atoms with E-state index in [4.69, 9.17) is 0 Å². The highest BCUT2D eigenvalue weighted by Crippen LogP contribution is 2.65. The zero-order chi connectivity index (χ0) is 13.2. The van der Waals surface area contributed by atoms with Crippen LogP contribution in [-0.4, -0.2) is 18.3 Å². The fraction of sp³-hybridized carbons (Fsp3) is 1.00. The van der Waals surface area contributed by atoms with Crippen molar-refractivity contribution >= 4 is 0 Å². The molecule has 0 spiro atoms. The number of fused-ring (bicyclic) bond motifs is 5. The van der Waals surface area contributed by atoms with Crippen molar-refractivity contribution in [3.05, 3.63) is 0 Å². The average molecular weight is 273 g/mol. The maximum atomic E-state index is 13.1. The minimum Gasteiger partial charge on any atom is -0.310 e. The number of alkyl halides is 3. The van der Waals surface area contributed by atoms with Gasteiger partial charge in [-0.05, 0) is 55.8 Å². The summed E-state index contributed by atoms with van der Waals surface area (Å²) in [5.74, 6) is 2.03. The minimum absolute atomic E-state index is 0.302. The topological polar surface area (TPSA) is 12.0 Å². The summed E-state index contributed by atoms with van der Waals surface area (Å²) in [6.07, 6.45) is 2.76. The lowest BCUT2D eigenvalue weighted by molar-refractivity contribution is -0.189. The Morgan fingerprint density at radius 3 is 2.11 bits per heavy atom. The van der Waals surface area contributed by atoms with Gasteiger partial charge in [0.05, 0.1) is 5.92 Å². The van der Waals surface area contributed by atoms with Crippen LogP contribution in [0.15, 0.2) is 0 Å². The van der Waals surface area contributed by atoms with Gasteiger partial charge in [0.15, 0.2) is 0 Å². The Balaban J connectivity index is 1.42. The van der Waals surface area contributed by atoms with Gasteiger partial charge in [-0.15, -0.1) is 0 Å². The van der Waals surface area contributed by atoms with E-state index in [1.165, 1.54) is 19.3 Å². The van der Waals surface area contributed by atoms with Gasteiger partial charge >= 0.3 is 6.18 Å². The second kappa shape index (κ2) is 4.12. The van der Waals surface area contributed by atoms with Gasteiger partial charge in [0, 0.05) is 12.1 Å². The molecule has 2 bridgehead atoms. The molecule has 0 amide bonds. The van der Waals surface area contributed by atoms with Crippen molar-refractivity contribution in [2.45, 2.75) is 63.2 Å². The van der Waals surface area contributed by atoms with Crippen LogP contribution in [0.4, 0.5) is 13.2 Å². The molecule has 4 rings (SSSR count). The van der Waals surface area contributed by atoms with Crippen molar-refractivity contribution in [1.29, 1.82) is 0 Å². The first kappa shape index (κ1) is 12.5. The molecule has 0 aromatic rings. The Morgan fingerprint density at radius 2 is 1.47 bits per heavy atom. The summed E-state index contributed by atoms with van der Waals surface area (Å²) in [4.78, 5) is 0.